The maximum absolute atomic E-state index is 13.8. The normalized spacial score (nSPS) is 21.9. The van der Waals surface area contributed by atoms with E-state index in [9.17, 15) is 20.0 Å². The third kappa shape index (κ3) is 6.95. The van der Waals surface area contributed by atoms with Crippen molar-refractivity contribution in [2.24, 2.45) is 5.92 Å². The molecule has 1 fully saturated rings. The Morgan fingerprint density at radius 3 is 2.28 bits per heavy atom. The lowest BCUT2D eigenvalue weighted by atomic mass is 9.98. The Balaban J connectivity index is 1.52. The van der Waals surface area contributed by atoms with E-state index in [4.69, 9.17) is 0 Å². The number of imide groups is 1. The van der Waals surface area contributed by atoms with Gasteiger partial charge in [-0.2, -0.15) is 5.26 Å². The number of benzene rings is 2. The Bertz CT molecular complexity index is 1160. The predicted octanol–water partition coefficient (Wildman–Crippen LogP) is 5.97. The monoisotopic (exact) mass is 528 g/mol. The fourth-order valence-corrected chi connectivity index (χ4v) is 5.62. The number of hydrogen-bond donors (Lipinski definition) is 2. The summed E-state index contributed by atoms with van der Waals surface area (Å²) in [7, 11) is 0. The van der Waals surface area contributed by atoms with Gasteiger partial charge in [0.2, 0.25) is 5.91 Å². The highest BCUT2D eigenvalue weighted by Gasteiger charge is 2.53. The molecule has 2 aliphatic heterocycles. The molecule has 0 bridgehead atoms. The number of rotatable bonds is 13. The van der Waals surface area contributed by atoms with Crippen molar-refractivity contribution in [2.75, 3.05) is 10.3 Å². The number of hydrogen-bond acceptors (Lipinski definition) is 6. The average molecular weight is 529 g/mol. The van der Waals surface area contributed by atoms with E-state index >= 15 is 0 Å². The number of hydrazine groups is 1. The number of aliphatic hydroxyl groups excluding tert-OH is 1. The molecule has 206 valence electrons. The van der Waals surface area contributed by atoms with Crippen molar-refractivity contribution in [3.05, 3.63) is 72.3 Å². The standard InChI is InChI=1S/C32H40N4O3/c1-2-3-4-5-6-7-8-12-18-29(37)28-17-13-16-27-30(36(28)34-25-21-19-24(23-33)20-22-25)32(39)35(31(27)38)26-14-10-9-11-15-26/h9-11,13-16,19-22,27-30,34,37H,2-8,12,17-18H2,1H3. The first kappa shape index (κ1) is 28.5. The minimum absolute atomic E-state index is 0.266. The smallest absolute Gasteiger partial charge is 0.254 e. The molecule has 7 heteroatoms. The Morgan fingerprint density at radius 2 is 1.62 bits per heavy atom. The molecule has 2 heterocycles. The summed E-state index contributed by atoms with van der Waals surface area (Å²) in [6, 6.07) is 16.9. The number of nitriles is 1. The highest BCUT2D eigenvalue weighted by atomic mass is 16.3. The number of anilines is 2. The number of aliphatic hydroxyl groups is 1. The predicted molar refractivity (Wildman–Crippen MR) is 154 cm³/mol. The fourth-order valence-electron chi connectivity index (χ4n) is 5.62. The molecule has 4 unspecified atom stereocenters. The number of amides is 2. The van der Waals surface area contributed by atoms with Crippen molar-refractivity contribution < 1.29 is 14.7 Å². The first-order chi connectivity index (χ1) is 19.0. The van der Waals surface area contributed by atoms with Crippen LogP contribution in [0.4, 0.5) is 11.4 Å². The topological polar surface area (TPSA) is 96.7 Å². The van der Waals surface area contributed by atoms with Gasteiger partial charge in [0.15, 0.2) is 0 Å². The van der Waals surface area contributed by atoms with Crippen LogP contribution in [0.5, 0.6) is 0 Å². The van der Waals surface area contributed by atoms with Crippen molar-refractivity contribution >= 4 is 23.2 Å². The first-order valence-electron chi connectivity index (χ1n) is 14.4. The second-order valence-corrected chi connectivity index (χ2v) is 10.6. The number of nitrogens with one attached hydrogen (secondary N) is 1. The van der Waals surface area contributed by atoms with Crippen LogP contribution < -0.4 is 10.3 Å². The summed E-state index contributed by atoms with van der Waals surface area (Å²) in [6.45, 7) is 2.22. The van der Waals surface area contributed by atoms with Gasteiger partial charge in [0, 0.05) is 5.69 Å². The Kier molecular flexibility index (Phi) is 10.3. The molecule has 1 saturated heterocycles. The van der Waals surface area contributed by atoms with Gasteiger partial charge in [-0.05, 0) is 49.2 Å². The molecular weight excluding hydrogens is 488 g/mol. The second kappa shape index (κ2) is 14.1. The molecule has 2 N–H and O–H groups in total. The fraction of sp³-hybridized carbons (Fsp3) is 0.469. The number of carbonyl (C=O) groups excluding carboxylic acids is 2. The van der Waals surface area contributed by atoms with Crippen molar-refractivity contribution in [3.63, 3.8) is 0 Å². The van der Waals surface area contributed by atoms with Crippen molar-refractivity contribution in [2.45, 2.75) is 89.3 Å². The van der Waals surface area contributed by atoms with Gasteiger partial charge in [-0.1, -0.05) is 88.6 Å². The summed E-state index contributed by atoms with van der Waals surface area (Å²) in [4.78, 5) is 28.6. The number of nitrogens with zero attached hydrogens (tertiary/aromatic N) is 3. The van der Waals surface area contributed by atoms with E-state index in [0.29, 0.717) is 29.8 Å². The molecule has 0 aliphatic carbocycles. The zero-order chi connectivity index (χ0) is 27.6. The number of para-hydroxylation sites is 1. The quantitative estimate of drug-likeness (QED) is 0.189. The SMILES string of the molecule is CCCCCCCCCCC(O)C1CC=CC2C(=O)N(c3ccccc3)C(=O)C2N1Nc1ccc(C#N)cc1. The minimum atomic E-state index is -0.801. The molecule has 2 aromatic rings. The summed E-state index contributed by atoms with van der Waals surface area (Å²) in [5, 5.41) is 22.4. The summed E-state index contributed by atoms with van der Waals surface area (Å²) in [5.74, 6) is -1.24. The van der Waals surface area contributed by atoms with Gasteiger partial charge in [0.25, 0.3) is 5.91 Å². The average Bonchev–Trinajstić information content (AvgIpc) is 3.08. The number of unbranched alkanes of at least 4 members (excludes halogenated alkanes) is 7. The third-order valence-electron chi connectivity index (χ3n) is 7.78. The zero-order valence-corrected chi connectivity index (χ0v) is 22.8. The summed E-state index contributed by atoms with van der Waals surface area (Å²) >= 11 is 0. The maximum Gasteiger partial charge on any atom is 0.254 e. The lowest BCUT2D eigenvalue weighted by Gasteiger charge is -2.38. The van der Waals surface area contributed by atoms with Gasteiger partial charge in [-0.25, -0.2) is 9.91 Å². The lowest BCUT2D eigenvalue weighted by molar-refractivity contribution is -0.123. The highest BCUT2D eigenvalue weighted by molar-refractivity contribution is 6.24. The van der Waals surface area contributed by atoms with Crippen molar-refractivity contribution in [1.29, 1.82) is 5.26 Å². The Hall–Kier alpha value is -3.47. The third-order valence-corrected chi connectivity index (χ3v) is 7.78. The molecular formula is C32H40N4O3. The molecule has 39 heavy (non-hydrogen) atoms. The van der Waals surface area contributed by atoms with Gasteiger partial charge in [0.05, 0.1) is 35.4 Å². The molecule has 0 aromatic heterocycles. The van der Waals surface area contributed by atoms with Crippen LogP contribution in [0, 0.1) is 17.2 Å². The van der Waals surface area contributed by atoms with Gasteiger partial charge in [-0.3, -0.25) is 9.59 Å². The second-order valence-electron chi connectivity index (χ2n) is 10.6. The summed E-state index contributed by atoms with van der Waals surface area (Å²) in [6.07, 6.45) is 13.7. The van der Waals surface area contributed by atoms with E-state index in [2.05, 4.69) is 18.4 Å². The number of fused-ring (bicyclic) bond motifs is 1. The van der Waals surface area contributed by atoms with E-state index in [1.54, 1.807) is 41.4 Å². The summed E-state index contributed by atoms with van der Waals surface area (Å²) < 4.78 is 0. The molecule has 2 aromatic carbocycles. The van der Waals surface area contributed by atoms with E-state index in [1.807, 2.05) is 30.4 Å². The first-order valence-corrected chi connectivity index (χ1v) is 14.4. The molecule has 4 rings (SSSR count). The van der Waals surface area contributed by atoms with Crippen molar-refractivity contribution in [1.82, 2.24) is 5.01 Å². The zero-order valence-electron chi connectivity index (χ0n) is 22.8. The lowest BCUT2D eigenvalue weighted by Crippen LogP contribution is -2.55. The van der Waals surface area contributed by atoms with E-state index in [1.165, 1.54) is 37.0 Å². The molecule has 0 radical (unpaired) electrons. The van der Waals surface area contributed by atoms with E-state index in [0.717, 1.165) is 19.3 Å². The van der Waals surface area contributed by atoms with Crippen LogP contribution in [0.25, 0.3) is 0 Å². The van der Waals surface area contributed by atoms with E-state index in [-0.39, 0.29) is 11.8 Å². The Morgan fingerprint density at radius 1 is 0.949 bits per heavy atom. The van der Waals surface area contributed by atoms with Crippen LogP contribution in [-0.2, 0) is 9.59 Å². The van der Waals surface area contributed by atoms with Crippen LogP contribution in [0.2, 0.25) is 0 Å². The molecule has 7 nitrogen and oxygen atoms in total. The van der Waals surface area contributed by atoms with Crippen molar-refractivity contribution in [3.8, 4) is 6.07 Å². The minimum Gasteiger partial charge on any atom is -0.391 e. The van der Waals surface area contributed by atoms with E-state index < -0.39 is 24.1 Å². The highest BCUT2D eigenvalue weighted by Crippen LogP contribution is 2.35. The van der Waals surface area contributed by atoms with Gasteiger partial charge in [0.1, 0.15) is 6.04 Å². The molecule has 2 aliphatic rings. The van der Waals surface area contributed by atoms with Gasteiger partial charge >= 0.3 is 0 Å². The largest absolute Gasteiger partial charge is 0.391 e. The molecule has 2 amide bonds. The molecule has 0 saturated carbocycles. The van der Waals surface area contributed by atoms with Crippen LogP contribution >= 0.6 is 0 Å². The molecule has 4 atom stereocenters. The number of carbonyl (C=O) groups is 2. The van der Waals surface area contributed by atoms with Crippen LogP contribution in [0.1, 0.15) is 76.7 Å². The molecule has 0 spiro atoms. The van der Waals surface area contributed by atoms with Crippen LogP contribution in [0.3, 0.4) is 0 Å². The van der Waals surface area contributed by atoms with Gasteiger partial charge in [-0.15, -0.1) is 0 Å². The maximum atomic E-state index is 13.8. The van der Waals surface area contributed by atoms with Crippen LogP contribution in [-0.4, -0.2) is 40.1 Å². The van der Waals surface area contributed by atoms with Crippen LogP contribution in [0.15, 0.2) is 66.7 Å². The summed E-state index contributed by atoms with van der Waals surface area (Å²) in [5.41, 5.74) is 5.12. The van der Waals surface area contributed by atoms with Gasteiger partial charge < -0.3 is 10.5 Å². The Labute approximate surface area is 232 Å².